The molecule has 0 spiro atoms. The number of carbonyl (C=O) groups excluding carboxylic acids is 5. The van der Waals surface area contributed by atoms with Crippen molar-refractivity contribution >= 4 is 50.5 Å². The Morgan fingerprint density at radius 1 is 1.09 bits per heavy atom. The molecule has 310 valence electrons. The van der Waals surface area contributed by atoms with Crippen LogP contribution in [0.3, 0.4) is 0 Å². The summed E-state index contributed by atoms with van der Waals surface area (Å²) in [6.45, 7) is 10.2. The van der Waals surface area contributed by atoms with Gasteiger partial charge in [-0.2, -0.15) is 0 Å². The van der Waals surface area contributed by atoms with Gasteiger partial charge in [-0.3, -0.25) is 28.7 Å². The molecule has 0 bridgehead atoms. The summed E-state index contributed by atoms with van der Waals surface area (Å²) in [5, 5.41) is 5.67. The first-order valence-electron chi connectivity index (χ1n) is 19.9. The highest BCUT2D eigenvalue weighted by Crippen LogP contribution is 2.47. The number of methoxy groups -OCH3 is 1. The molecule has 1 aromatic heterocycles. The number of amides is 4. The maximum atomic E-state index is 14.8. The molecule has 1 aromatic carbocycles. The Balaban J connectivity index is 1.33. The van der Waals surface area contributed by atoms with Crippen LogP contribution in [0.15, 0.2) is 30.4 Å². The van der Waals surface area contributed by atoms with Crippen LogP contribution in [0.1, 0.15) is 105 Å². The second-order valence-electron chi connectivity index (χ2n) is 17.5. The van der Waals surface area contributed by atoms with Crippen LogP contribution in [0.25, 0.3) is 11.0 Å². The number of sulfonamides is 1. The number of fused-ring (bicyclic) bond motifs is 3. The molecule has 0 unspecified atom stereocenters. The van der Waals surface area contributed by atoms with Crippen molar-refractivity contribution in [1.29, 1.82) is 0 Å². The predicted octanol–water partition coefficient (Wildman–Crippen LogP) is 3.82. The van der Waals surface area contributed by atoms with Gasteiger partial charge < -0.3 is 25.0 Å². The third kappa shape index (κ3) is 9.10. The Morgan fingerprint density at radius 2 is 1.82 bits per heavy atom. The smallest absolute Gasteiger partial charge is 0.259 e. The van der Waals surface area contributed by atoms with Crippen LogP contribution in [0.5, 0.6) is 11.6 Å². The molecule has 2 aliphatic heterocycles. The Bertz CT molecular complexity index is 2080. The van der Waals surface area contributed by atoms with Crippen molar-refractivity contribution in [3.05, 3.63) is 36.0 Å². The standard InChI is InChI=1S/C41H56N6O9S/c1-24-36(44-31-20-28(55-7)15-16-30(31)42-24)56-29-21-32-35(50)45-41(38(52)46-57(53,54)40(6)17-18-40)22-27(41)14-12-10-8-9-11-13-26(37(51)47(32)23-29)19-33(49)34(39(3,4)5)43-25(2)48/h12,14-16,20,26-27,29,32,34H,8-11,13,17-19,21-23H2,1-7H3,(H,43,48)(H,45,50)(H,46,52)/b14-12-/t26-,27-,29-,32+,34-,41-/m1/s1. The van der Waals surface area contributed by atoms with E-state index in [0.717, 1.165) is 12.8 Å². The lowest BCUT2D eigenvalue weighted by atomic mass is 9.80. The van der Waals surface area contributed by atoms with Crippen LogP contribution in [-0.4, -0.2) is 94.8 Å². The monoisotopic (exact) mass is 808 g/mol. The van der Waals surface area contributed by atoms with Gasteiger partial charge in [0.05, 0.1) is 35.5 Å². The summed E-state index contributed by atoms with van der Waals surface area (Å²) in [6.07, 6.45) is 7.26. The van der Waals surface area contributed by atoms with Gasteiger partial charge in [-0.1, -0.05) is 45.8 Å². The summed E-state index contributed by atoms with van der Waals surface area (Å²) in [4.78, 5) is 80.1. The van der Waals surface area contributed by atoms with Gasteiger partial charge in [0.2, 0.25) is 33.6 Å². The van der Waals surface area contributed by atoms with Crippen molar-refractivity contribution in [3.63, 3.8) is 0 Å². The molecule has 4 amide bonds. The molecule has 0 radical (unpaired) electrons. The van der Waals surface area contributed by atoms with Gasteiger partial charge in [-0.25, -0.2) is 18.4 Å². The minimum Gasteiger partial charge on any atom is -0.497 e. The number of nitrogens with zero attached hydrogens (tertiary/aromatic N) is 3. The molecule has 3 N–H and O–H groups in total. The summed E-state index contributed by atoms with van der Waals surface area (Å²) in [5.41, 5.74) is -0.512. The van der Waals surface area contributed by atoms with Crippen LogP contribution in [0.2, 0.25) is 0 Å². The van der Waals surface area contributed by atoms with Crippen LogP contribution in [0, 0.1) is 24.2 Å². The lowest BCUT2D eigenvalue weighted by Gasteiger charge is -2.33. The minimum atomic E-state index is -4.01. The minimum absolute atomic E-state index is 0.0253. The van der Waals surface area contributed by atoms with Crippen LogP contribution in [0.4, 0.5) is 0 Å². The van der Waals surface area contributed by atoms with E-state index in [2.05, 4.69) is 20.3 Å². The third-order valence-electron chi connectivity index (χ3n) is 11.8. The molecule has 15 nitrogen and oxygen atoms in total. The fourth-order valence-corrected chi connectivity index (χ4v) is 9.24. The molecular formula is C41H56N6O9S. The molecule has 57 heavy (non-hydrogen) atoms. The molecule has 4 aliphatic rings. The number of benzene rings is 1. The molecule has 6 atom stereocenters. The number of aromatic nitrogens is 2. The number of aryl methyl sites for hydroxylation is 1. The molecule has 1 saturated heterocycles. The lowest BCUT2D eigenvalue weighted by molar-refractivity contribution is -0.144. The van der Waals surface area contributed by atoms with Crippen LogP contribution in [-0.2, 0) is 34.0 Å². The van der Waals surface area contributed by atoms with E-state index in [1.165, 1.54) is 11.8 Å². The van der Waals surface area contributed by atoms with Gasteiger partial charge >= 0.3 is 0 Å². The lowest BCUT2D eigenvalue weighted by Crippen LogP contribution is -2.57. The fourth-order valence-electron chi connectivity index (χ4n) is 7.93. The molecule has 16 heteroatoms. The van der Waals surface area contributed by atoms with Crippen molar-refractivity contribution in [2.75, 3.05) is 13.7 Å². The van der Waals surface area contributed by atoms with E-state index in [1.807, 2.05) is 32.9 Å². The number of hydrogen-bond acceptors (Lipinski definition) is 11. The zero-order chi connectivity index (χ0) is 41.5. The Labute approximate surface area is 334 Å². The quantitative estimate of drug-likeness (QED) is 0.295. The predicted molar refractivity (Wildman–Crippen MR) is 211 cm³/mol. The normalized spacial score (nSPS) is 27.4. The summed E-state index contributed by atoms with van der Waals surface area (Å²) in [7, 11) is -2.46. The average molecular weight is 809 g/mol. The Kier molecular flexibility index (Phi) is 11.8. The van der Waals surface area contributed by atoms with E-state index in [-0.39, 0.29) is 43.4 Å². The average Bonchev–Trinajstić information content (AvgIpc) is 4.02. The number of rotatable bonds is 10. The number of ether oxygens (including phenoxy) is 2. The number of allylic oxidation sites excluding steroid dienone is 1. The summed E-state index contributed by atoms with van der Waals surface area (Å²) < 4.78 is 39.4. The molecule has 6 rings (SSSR count). The maximum Gasteiger partial charge on any atom is 0.259 e. The van der Waals surface area contributed by atoms with E-state index in [0.29, 0.717) is 54.6 Å². The fraction of sp³-hybridized carbons (Fsp3) is 0.634. The van der Waals surface area contributed by atoms with Crippen molar-refractivity contribution in [1.82, 2.24) is 30.2 Å². The molecule has 3 heterocycles. The van der Waals surface area contributed by atoms with Gasteiger partial charge in [0, 0.05) is 37.7 Å². The third-order valence-corrected chi connectivity index (χ3v) is 14.0. The first kappa shape index (κ1) is 42.0. The maximum absolute atomic E-state index is 14.8. The van der Waals surface area contributed by atoms with E-state index in [4.69, 9.17) is 14.5 Å². The van der Waals surface area contributed by atoms with Gasteiger partial charge in [-0.05, 0) is 69.9 Å². The summed E-state index contributed by atoms with van der Waals surface area (Å²) in [5.74, 6) is -2.97. The van der Waals surface area contributed by atoms with E-state index >= 15 is 0 Å². The van der Waals surface area contributed by atoms with E-state index < -0.39 is 73.5 Å². The topological polar surface area (TPSA) is 203 Å². The van der Waals surface area contributed by atoms with E-state index in [1.54, 1.807) is 39.2 Å². The van der Waals surface area contributed by atoms with Gasteiger partial charge in [0.15, 0.2) is 5.78 Å². The Hall–Kier alpha value is -4.60. The number of hydrogen-bond donors (Lipinski definition) is 3. The molecule has 3 fully saturated rings. The van der Waals surface area contributed by atoms with Crippen molar-refractivity contribution in [3.8, 4) is 11.6 Å². The molecule has 2 saturated carbocycles. The molecule has 2 aliphatic carbocycles. The Morgan fingerprint density at radius 3 is 2.49 bits per heavy atom. The van der Waals surface area contributed by atoms with Crippen molar-refractivity contribution < 1.29 is 41.9 Å². The number of Topliss-reactive ketones (excluding diaryl/α,β-unsaturated/α-hetero) is 1. The zero-order valence-electron chi connectivity index (χ0n) is 34.0. The van der Waals surface area contributed by atoms with Gasteiger partial charge in [0.1, 0.15) is 29.1 Å². The summed E-state index contributed by atoms with van der Waals surface area (Å²) in [6, 6.07) is 3.32. The number of ketones is 1. The summed E-state index contributed by atoms with van der Waals surface area (Å²) >= 11 is 0. The number of carbonyl (C=O) groups is 5. The first-order chi connectivity index (χ1) is 26.8. The van der Waals surface area contributed by atoms with Crippen LogP contribution < -0.4 is 24.8 Å². The highest BCUT2D eigenvalue weighted by molar-refractivity contribution is 7.91. The van der Waals surface area contributed by atoms with Crippen molar-refractivity contribution in [2.45, 2.75) is 134 Å². The SMILES string of the molecule is COc1ccc2nc(C)c(O[C@@H]3C[C@H]4C(=O)N[C@]5(C(=O)NS(=O)(=O)C6(C)CC6)C[C@H]5/C=C\CCCCC[C@H](CC(=O)[C@@H](NC(C)=O)C(C)(C)C)C(=O)N4C3)nc2c1. The van der Waals surface area contributed by atoms with Gasteiger partial charge in [-0.15, -0.1) is 0 Å². The zero-order valence-corrected chi connectivity index (χ0v) is 34.8. The van der Waals surface area contributed by atoms with Crippen LogP contribution >= 0.6 is 0 Å². The van der Waals surface area contributed by atoms with Crippen molar-refractivity contribution in [2.24, 2.45) is 17.3 Å². The molecular weight excluding hydrogens is 753 g/mol. The first-order valence-corrected chi connectivity index (χ1v) is 21.4. The van der Waals surface area contributed by atoms with Gasteiger partial charge in [0.25, 0.3) is 5.91 Å². The van der Waals surface area contributed by atoms with E-state index in [9.17, 15) is 32.4 Å². The second-order valence-corrected chi connectivity index (χ2v) is 19.7. The highest BCUT2D eigenvalue weighted by atomic mass is 32.2. The largest absolute Gasteiger partial charge is 0.497 e. The molecule has 2 aromatic rings. The second kappa shape index (κ2) is 16.0. The highest BCUT2D eigenvalue weighted by Gasteiger charge is 2.63. The number of nitrogens with one attached hydrogen (secondary N) is 3.